The Labute approximate surface area is 186 Å². The number of hydrogen-bond acceptors (Lipinski definition) is 6. The molecule has 9 nitrogen and oxygen atoms in total. The van der Waals surface area contributed by atoms with Crippen LogP contribution < -0.4 is 0 Å². The summed E-state index contributed by atoms with van der Waals surface area (Å²) in [4.78, 5) is 43.7. The van der Waals surface area contributed by atoms with Gasteiger partial charge in [0.15, 0.2) is 0 Å². The number of likely N-dealkylation sites (N-methyl/N-ethyl adjacent to an activating group) is 1. The quantitative estimate of drug-likeness (QED) is 0.624. The molecule has 0 bridgehead atoms. The third-order valence-corrected chi connectivity index (χ3v) is 10.0. The predicted molar refractivity (Wildman–Crippen MR) is 115 cm³/mol. The summed E-state index contributed by atoms with van der Waals surface area (Å²) in [5.74, 6) is -0.602. The Morgan fingerprint density at radius 2 is 1.71 bits per heavy atom. The minimum atomic E-state index is -3.57. The van der Waals surface area contributed by atoms with Gasteiger partial charge in [0.2, 0.25) is 5.91 Å². The molecule has 1 saturated carbocycles. The number of piperazine rings is 1. The van der Waals surface area contributed by atoms with Gasteiger partial charge in [-0.15, -0.1) is 11.3 Å². The van der Waals surface area contributed by atoms with Gasteiger partial charge in [0, 0.05) is 38.1 Å². The molecule has 3 aliphatic rings. The highest BCUT2D eigenvalue weighted by molar-refractivity contribution is 7.91. The lowest BCUT2D eigenvalue weighted by atomic mass is 9.81. The fourth-order valence-electron chi connectivity index (χ4n) is 4.76. The number of carbonyl (C=O) groups is 3. The minimum absolute atomic E-state index is 0.191. The number of thiophene rings is 1. The van der Waals surface area contributed by atoms with E-state index in [1.807, 2.05) is 6.92 Å². The van der Waals surface area contributed by atoms with Crippen LogP contribution in [0, 0.1) is 6.92 Å². The topological polar surface area (TPSA) is 98.3 Å². The van der Waals surface area contributed by atoms with Crippen LogP contribution in [0.25, 0.3) is 0 Å². The van der Waals surface area contributed by atoms with Crippen molar-refractivity contribution < 1.29 is 22.8 Å². The van der Waals surface area contributed by atoms with Crippen molar-refractivity contribution in [1.82, 2.24) is 19.0 Å². The summed E-state index contributed by atoms with van der Waals surface area (Å²) in [7, 11) is -1.92. The zero-order valence-corrected chi connectivity index (χ0v) is 19.5. The van der Waals surface area contributed by atoms with E-state index < -0.39 is 21.6 Å². The van der Waals surface area contributed by atoms with Gasteiger partial charge in [-0.3, -0.25) is 14.5 Å². The maximum atomic E-state index is 13.1. The van der Waals surface area contributed by atoms with Crippen LogP contribution >= 0.6 is 11.3 Å². The second kappa shape index (κ2) is 8.18. The lowest BCUT2D eigenvalue weighted by Gasteiger charge is -2.36. The van der Waals surface area contributed by atoms with Crippen molar-refractivity contribution in [3.8, 4) is 0 Å². The van der Waals surface area contributed by atoms with Gasteiger partial charge in [-0.1, -0.05) is 19.3 Å². The molecule has 0 unspecified atom stereocenters. The largest absolute Gasteiger partial charge is 0.338 e. The van der Waals surface area contributed by atoms with Gasteiger partial charge in [-0.05, 0) is 31.9 Å². The highest BCUT2D eigenvalue weighted by Crippen LogP contribution is 2.39. The van der Waals surface area contributed by atoms with E-state index in [9.17, 15) is 22.8 Å². The van der Waals surface area contributed by atoms with Gasteiger partial charge >= 0.3 is 6.03 Å². The van der Waals surface area contributed by atoms with Crippen molar-refractivity contribution >= 4 is 39.2 Å². The van der Waals surface area contributed by atoms with Crippen LogP contribution in [0.5, 0.6) is 0 Å². The fraction of sp³-hybridized carbons (Fsp3) is 0.650. The maximum Gasteiger partial charge on any atom is 0.327 e. The summed E-state index contributed by atoms with van der Waals surface area (Å²) in [5, 5.41) is 0. The molecule has 2 saturated heterocycles. The molecule has 0 atom stereocenters. The highest BCUT2D eigenvalue weighted by atomic mass is 32.2. The summed E-state index contributed by atoms with van der Waals surface area (Å²) in [5.41, 5.74) is -0.804. The molecule has 4 amide bonds. The Kier molecular flexibility index (Phi) is 5.86. The standard InChI is InChI=1S/C20H28N4O5S2/c1-15-6-7-17(30-15)31(28,29)23-12-10-22(11-13-23)16(25)14-24-18(26)20(21(2)19(24)27)8-4-3-5-9-20/h6-7H,3-5,8-14H2,1-2H3. The van der Waals surface area contributed by atoms with Crippen molar-refractivity contribution in [3.05, 3.63) is 17.0 Å². The second-order valence-corrected chi connectivity index (χ2v) is 11.9. The molecule has 0 radical (unpaired) electrons. The van der Waals surface area contributed by atoms with Crippen molar-refractivity contribution in [2.45, 2.75) is 48.8 Å². The van der Waals surface area contributed by atoms with Gasteiger partial charge in [0.1, 0.15) is 16.3 Å². The van der Waals surface area contributed by atoms with E-state index in [2.05, 4.69) is 0 Å². The molecule has 3 heterocycles. The molecule has 0 N–H and O–H groups in total. The molecule has 1 aromatic heterocycles. The molecule has 4 rings (SSSR count). The molecule has 3 fully saturated rings. The van der Waals surface area contributed by atoms with Crippen LogP contribution in [0.4, 0.5) is 4.79 Å². The van der Waals surface area contributed by atoms with Gasteiger partial charge < -0.3 is 9.80 Å². The van der Waals surface area contributed by atoms with E-state index in [1.54, 1.807) is 19.2 Å². The summed E-state index contributed by atoms with van der Waals surface area (Å²) in [6, 6.07) is 2.96. The SMILES string of the molecule is Cc1ccc(S(=O)(=O)N2CCN(C(=O)CN3C(=O)N(C)C4(CCCCC4)C3=O)CC2)s1. The molecule has 11 heteroatoms. The van der Waals surface area contributed by atoms with Crippen LogP contribution in [-0.4, -0.2) is 90.6 Å². The van der Waals surface area contributed by atoms with E-state index in [0.29, 0.717) is 17.1 Å². The fourth-order valence-corrected chi connectivity index (χ4v) is 7.62. The Balaban J connectivity index is 1.38. The first kappa shape index (κ1) is 22.2. The number of aryl methyl sites for hydroxylation is 1. The normalized spacial score (nSPS) is 22.6. The maximum absolute atomic E-state index is 13.1. The van der Waals surface area contributed by atoms with E-state index >= 15 is 0 Å². The zero-order valence-electron chi connectivity index (χ0n) is 17.9. The monoisotopic (exact) mass is 468 g/mol. The van der Waals surface area contributed by atoms with Crippen molar-refractivity contribution in [2.24, 2.45) is 0 Å². The van der Waals surface area contributed by atoms with Gasteiger partial charge in [-0.25, -0.2) is 13.2 Å². The highest BCUT2D eigenvalue weighted by Gasteiger charge is 2.56. The molecule has 1 aromatic rings. The van der Waals surface area contributed by atoms with E-state index in [-0.39, 0.29) is 44.5 Å². The first-order valence-electron chi connectivity index (χ1n) is 10.6. The Hall–Kier alpha value is -1.98. The molecule has 0 aromatic carbocycles. The Bertz CT molecular complexity index is 991. The average Bonchev–Trinajstić information content (AvgIpc) is 3.28. The minimum Gasteiger partial charge on any atom is -0.338 e. The predicted octanol–water partition coefficient (Wildman–Crippen LogP) is 1.49. The Morgan fingerprint density at radius 1 is 1.06 bits per heavy atom. The third-order valence-electron chi connectivity index (χ3n) is 6.68. The smallest absolute Gasteiger partial charge is 0.327 e. The molecule has 2 aliphatic heterocycles. The number of urea groups is 1. The average molecular weight is 469 g/mol. The first-order chi connectivity index (χ1) is 14.7. The van der Waals surface area contributed by atoms with Gasteiger partial charge in [-0.2, -0.15) is 4.31 Å². The molecular weight excluding hydrogens is 440 g/mol. The number of hydrogen-bond donors (Lipinski definition) is 0. The molecular formula is C20H28N4O5S2. The summed E-state index contributed by atoms with van der Waals surface area (Å²) < 4.78 is 27.3. The number of rotatable bonds is 4. The molecule has 170 valence electrons. The lowest BCUT2D eigenvalue weighted by molar-refractivity contribution is -0.141. The van der Waals surface area contributed by atoms with Crippen LogP contribution in [0.2, 0.25) is 0 Å². The first-order valence-corrected chi connectivity index (χ1v) is 12.9. The third kappa shape index (κ3) is 3.76. The number of amides is 4. The van der Waals surface area contributed by atoms with Gasteiger partial charge in [0.25, 0.3) is 15.9 Å². The second-order valence-electron chi connectivity index (χ2n) is 8.48. The number of carbonyl (C=O) groups excluding carboxylic acids is 3. The van der Waals surface area contributed by atoms with Crippen molar-refractivity contribution in [2.75, 3.05) is 39.8 Å². The van der Waals surface area contributed by atoms with Crippen LogP contribution in [-0.2, 0) is 19.6 Å². The van der Waals surface area contributed by atoms with Gasteiger partial charge in [0.05, 0.1) is 0 Å². The zero-order chi connectivity index (χ0) is 22.4. The van der Waals surface area contributed by atoms with Crippen LogP contribution in [0.3, 0.4) is 0 Å². The summed E-state index contributed by atoms with van der Waals surface area (Å²) in [6.45, 7) is 2.42. The number of imide groups is 1. The number of nitrogens with zero attached hydrogens (tertiary/aromatic N) is 4. The van der Waals surface area contributed by atoms with E-state index in [4.69, 9.17) is 0 Å². The molecule has 1 aliphatic carbocycles. The van der Waals surface area contributed by atoms with Crippen LogP contribution in [0.15, 0.2) is 16.3 Å². The molecule has 1 spiro atoms. The van der Waals surface area contributed by atoms with Crippen LogP contribution in [0.1, 0.15) is 37.0 Å². The number of sulfonamides is 1. The summed E-state index contributed by atoms with van der Waals surface area (Å²) in [6.07, 6.45) is 4.11. The Morgan fingerprint density at radius 3 is 2.29 bits per heavy atom. The molecule has 31 heavy (non-hydrogen) atoms. The summed E-state index contributed by atoms with van der Waals surface area (Å²) >= 11 is 1.23. The van der Waals surface area contributed by atoms with Crippen molar-refractivity contribution in [1.29, 1.82) is 0 Å². The van der Waals surface area contributed by atoms with E-state index in [1.165, 1.54) is 25.4 Å². The van der Waals surface area contributed by atoms with Crippen molar-refractivity contribution in [3.63, 3.8) is 0 Å². The lowest BCUT2D eigenvalue weighted by Crippen LogP contribution is -2.53. The van der Waals surface area contributed by atoms with E-state index in [0.717, 1.165) is 29.0 Å².